The van der Waals surface area contributed by atoms with Crippen LogP contribution in [-0.2, 0) is 9.53 Å². The first-order chi connectivity index (χ1) is 15.0. The number of hydrogen-bond donors (Lipinski definition) is 1. The van der Waals surface area contributed by atoms with E-state index in [-0.39, 0.29) is 17.5 Å². The van der Waals surface area contributed by atoms with Crippen molar-refractivity contribution >= 4 is 5.97 Å². The maximum atomic E-state index is 11.9. The third-order valence-electron chi connectivity index (χ3n) is 11.3. The maximum absolute atomic E-state index is 11.9. The van der Waals surface area contributed by atoms with Crippen LogP contribution in [-0.4, -0.2) is 22.8 Å². The Hall–Kier alpha value is -0.570. The van der Waals surface area contributed by atoms with Gasteiger partial charge in [-0.05, 0) is 97.7 Å². The van der Waals surface area contributed by atoms with Gasteiger partial charge in [0.25, 0.3) is 0 Å². The summed E-state index contributed by atoms with van der Waals surface area (Å²) in [7, 11) is 0. The lowest BCUT2D eigenvalue weighted by molar-refractivity contribution is -0.224. The molecule has 32 heavy (non-hydrogen) atoms. The smallest absolute Gasteiger partial charge is 0.302 e. The molecule has 0 spiro atoms. The van der Waals surface area contributed by atoms with E-state index >= 15 is 0 Å². The van der Waals surface area contributed by atoms with Crippen LogP contribution >= 0.6 is 0 Å². The van der Waals surface area contributed by atoms with E-state index in [9.17, 15) is 9.90 Å². The number of ether oxygens (including phenoxy) is 1. The second-order valence-electron chi connectivity index (χ2n) is 13.4. The van der Waals surface area contributed by atoms with Crippen LogP contribution in [0, 0.1) is 46.3 Å². The van der Waals surface area contributed by atoms with Crippen LogP contribution in [0.15, 0.2) is 0 Å². The molecule has 0 heterocycles. The van der Waals surface area contributed by atoms with Crippen LogP contribution in [0.4, 0.5) is 0 Å². The minimum Gasteiger partial charge on any atom is -0.462 e. The lowest BCUT2D eigenvalue weighted by Gasteiger charge is -2.64. The Morgan fingerprint density at radius 2 is 1.72 bits per heavy atom. The van der Waals surface area contributed by atoms with E-state index in [4.69, 9.17) is 4.74 Å². The zero-order chi connectivity index (χ0) is 23.3. The highest BCUT2D eigenvalue weighted by molar-refractivity contribution is 5.66. The van der Waals surface area contributed by atoms with Crippen molar-refractivity contribution in [3.8, 4) is 0 Å². The molecule has 4 aliphatic rings. The molecular formula is C29H50O3. The summed E-state index contributed by atoms with van der Waals surface area (Å²) < 4.78 is 5.56. The number of carbonyl (C=O) groups excluding carboxylic acids is 1. The highest BCUT2D eigenvalue weighted by Gasteiger charge is 2.64. The predicted octanol–water partition coefficient (Wildman–Crippen LogP) is 7.15. The zero-order valence-electron chi connectivity index (χ0n) is 21.8. The molecule has 0 aliphatic heterocycles. The summed E-state index contributed by atoms with van der Waals surface area (Å²) in [6, 6.07) is 0. The maximum Gasteiger partial charge on any atom is 0.302 e. The van der Waals surface area contributed by atoms with Gasteiger partial charge in [-0.3, -0.25) is 4.79 Å². The van der Waals surface area contributed by atoms with Crippen LogP contribution in [0.5, 0.6) is 0 Å². The molecule has 4 aliphatic carbocycles. The molecule has 4 saturated carbocycles. The van der Waals surface area contributed by atoms with Crippen molar-refractivity contribution in [2.45, 2.75) is 130 Å². The number of hydrogen-bond acceptors (Lipinski definition) is 3. The molecule has 1 N–H and O–H groups in total. The summed E-state index contributed by atoms with van der Waals surface area (Å²) in [5.74, 6) is 4.59. The normalized spacial score (nSPS) is 46.8. The average molecular weight is 447 g/mol. The lowest BCUT2D eigenvalue weighted by atomic mass is 9.43. The van der Waals surface area contributed by atoms with Crippen LogP contribution in [0.1, 0.15) is 119 Å². The Morgan fingerprint density at radius 1 is 0.969 bits per heavy atom. The fraction of sp³-hybridized carbons (Fsp3) is 0.966. The SMILES string of the molecule is CC(=O)O[C@@H]1CC[C@]2(C)[C@@H]3CC[C@@]4(C)[C@H](CC[C@H]4[C@H](C)CCCC(C)C)[C@@H]3CC[C@]2(O)C1. The van der Waals surface area contributed by atoms with Crippen LogP contribution in [0.25, 0.3) is 0 Å². The fourth-order valence-corrected chi connectivity index (χ4v) is 9.57. The Morgan fingerprint density at radius 3 is 2.41 bits per heavy atom. The summed E-state index contributed by atoms with van der Waals surface area (Å²) in [5, 5.41) is 11.9. The Balaban J connectivity index is 1.47. The second-order valence-corrected chi connectivity index (χ2v) is 13.4. The van der Waals surface area contributed by atoms with Crippen molar-refractivity contribution in [1.29, 1.82) is 0 Å². The van der Waals surface area contributed by atoms with Gasteiger partial charge in [0.05, 0.1) is 5.60 Å². The van der Waals surface area contributed by atoms with Crippen LogP contribution in [0.2, 0.25) is 0 Å². The molecule has 0 radical (unpaired) electrons. The molecule has 4 fully saturated rings. The van der Waals surface area contributed by atoms with E-state index in [1.165, 1.54) is 51.9 Å². The molecule has 0 aromatic rings. The molecular weight excluding hydrogens is 396 g/mol. The van der Waals surface area contributed by atoms with E-state index in [1.54, 1.807) is 0 Å². The van der Waals surface area contributed by atoms with Crippen LogP contribution < -0.4 is 0 Å². The van der Waals surface area contributed by atoms with Gasteiger partial charge in [0.15, 0.2) is 0 Å². The fourth-order valence-electron chi connectivity index (χ4n) is 9.57. The van der Waals surface area contributed by atoms with Gasteiger partial charge in [0, 0.05) is 13.3 Å². The predicted molar refractivity (Wildman–Crippen MR) is 130 cm³/mol. The van der Waals surface area contributed by atoms with E-state index in [0.29, 0.717) is 17.8 Å². The number of aliphatic hydroxyl groups is 1. The van der Waals surface area contributed by atoms with Gasteiger partial charge in [-0.25, -0.2) is 0 Å². The van der Waals surface area contributed by atoms with Crippen molar-refractivity contribution < 1.29 is 14.6 Å². The topological polar surface area (TPSA) is 46.5 Å². The lowest BCUT2D eigenvalue weighted by Crippen LogP contribution is -2.63. The molecule has 0 unspecified atom stereocenters. The van der Waals surface area contributed by atoms with Crippen molar-refractivity contribution in [1.82, 2.24) is 0 Å². The van der Waals surface area contributed by atoms with Gasteiger partial charge >= 0.3 is 5.97 Å². The molecule has 3 heteroatoms. The Labute approximate surface area is 197 Å². The largest absolute Gasteiger partial charge is 0.462 e. The van der Waals surface area contributed by atoms with Gasteiger partial charge in [0.2, 0.25) is 0 Å². The van der Waals surface area contributed by atoms with E-state index in [2.05, 4.69) is 34.6 Å². The molecule has 0 aromatic heterocycles. The third kappa shape index (κ3) is 4.07. The Bertz CT molecular complexity index is 688. The van der Waals surface area contributed by atoms with Crippen LogP contribution in [0.3, 0.4) is 0 Å². The zero-order valence-corrected chi connectivity index (χ0v) is 21.8. The summed E-state index contributed by atoms with van der Waals surface area (Å²) in [5.41, 5.74) is -0.184. The van der Waals surface area contributed by atoms with Crippen molar-refractivity contribution in [3.05, 3.63) is 0 Å². The van der Waals surface area contributed by atoms with Crippen molar-refractivity contribution in [3.63, 3.8) is 0 Å². The molecule has 0 amide bonds. The number of carbonyl (C=O) groups is 1. The monoisotopic (exact) mass is 446 g/mol. The number of esters is 1. The van der Waals surface area contributed by atoms with E-state index in [1.807, 2.05) is 0 Å². The van der Waals surface area contributed by atoms with E-state index < -0.39 is 5.60 Å². The summed E-state index contributed by atoms with van der Waals surface area (Å²) >= 11 is 0. The van der Waals surface area contributed by atoms with Crippen molar-refractivity contribution in [2.75, 3.05) is 0 Å². The second kappa shape index (κ2) is 8.90. The van der Waals surface area contributed by atoms with Crippen molar-refractivity contribution in [2.24, 2.45) is 46.3 Å². The van der Waals surface area contributed by atoms with Gasteiger partial charge in [-0.1, -0.05) is 53.9 Å². The molecule has 4 rings (SSSR count). The molecule has 3 nitrogen and oxygen atoms in total. The first-order valence-corrected chi connectivity index (χ1v) is 13.9. The van der Waals surface area contributed by atoms with Gasteiger partial charge in [0.1, 0.15) is 6.10 Å². The summed E-state index contributed by atoms with van der Waals surface area (Å²) in [4.78, 5) is 11.5. The highest BCUT2D eigenvalue weighted by Crippen LogP contribution is 2.69. The molecule has 0 aromatic carbocycles. The standard InChI is InChI=1S/C29H50O3/c1-19(2)8-7-9-20(3)24-10-11-25-23-13-17-29(31)18-22(32-21(4)30)12-16-28(29,6)26(23)14-15-27(24,25)5/h19-20,22-26,31H,7-18H2,1-6H3/t20-,22-,23+,24+,25-,26-,27-,28-,29+/m1/s1. The molecule has 0 bridgehead atoms. The minimum absolute atomic E-state index is 0.0190. The molecule has 184 valence electrons. The van der Waals surface area contributed by atoms with Gasteiger partial charge in [-0.15, -0.1) is 0 Å². The van der Waals surface area contributed by atoms with Gasteiger partial charge in [-0.2, -0.15) is 0 Å². The van der Waals surface area contributed by atoms with E-state index in [0.717, 1.165) is 55.3 Å². The third-order valence-corrected chi connectivity index (χ3v) is 11.3. The quantitative estimate of drug-likeness (QED) is 0.440. The summed E-state index contributed by atoms with van der Waals surface area (Å²) in [6.07, 6.45) is 14.1. The number of fused-ring (bicyclic) bond motifs is 5. The first kappa shape index (κ1) is 24.6. The minimum atomic E-state index is -0.664. The first-order valence-electron chi connectivity index (χ1n) is 13.9. The van der Waals surface area contributed by atoms with Gasteiger partial charge < -0.3 is 9.84 Å². The average Bonchev–Trinajstić information content (AvgIpc) is 3.05. The highest BCUT2D eigenvalue weighted by atomic mass is 16.5. The molecule has 0 saturated heterocycles. The Kier molecular flexibility index (Phi) is 6.83. The summed E-state index contributed by atoms with van der Waals surface area (Å²) in [6.45, 7) is 13.8. The number of rotatable bonds is 6. The molecule has 9 atom stereocenters.